The summed E-state index contributed by atoms with van der Waals surface area (Å²) in [6.07, 6.45) is 0.572. The van der Waals surface area contributed by atoms with Gasteiger partial charge < -0.3 is 20.4 Å². The molecule has 0 amide bonds. The van der Waals surface area contributed by atoms with Gasteiger partial charge in [0.15, 0.2) is 0 Å². The van der Waals surface area contributed by atoms with Crippen LogP contribution in [0, 0.1) is 19.8 Å². The summed E-state index contributed by atoms with van der Waals surface area (Å²) in [5.41, 5.74) is 3.78. The first kappa shape index (κ1) is 17.8. The molecule has 4 nitrogen and oxygen atoms in total. The van der Waals surface area contributed by atoms with Crippen LogP contribution in [-0.2, 0) is 0 Å². The van der Waals surface area contributed by atoms with Gasteiger partial charge in [-0.15, -0.1) is 0 Å². The van der Waals surface area contributed by atoms with E-state index in [0.717, 1.165) is 28.7 Å². The van der Waals surface area contributed by atoms with E-state index in [0.29, 0.717) is 12.8 Å². The molecule has 1 aliphatic carbocycles. The Hall–Kier alpha value is -2.04. The number of phenolic OH excluding ortho intramolecular Hbond substituents is 2. The quantitative estimate of drug-likeness (QED) is 0.689. The molecule has 0 radical (unpaired) electrons. The van der Waals surface area contributed by atoms with Crippen LogP contribution in [0.1, 0.15) is 47.4 Å². The molecule has 0 aromatic heterocycles. The first-order chi connectivity index (χ1) is 11.9. The third-order valence-corrected chi connectivity index (χ3v) is 5.45. The minimum Gasteiger partial charge on any atom is -0.508 e. The van der Waals surface area contributed by atoms with E-state index in [-0.39, 0.29) is 23.3 Å². The Morgan fingerprint density at radius 1 is 0.800 bits per heavy atom. The molecule has 0 heterocycles. The third-order valence-electron chi connectivity index (χ3n) is 5.45. The lowest BCUT2D eigenvalue weighted by molar-refractivity contribution is -0.0276. The van der Waals surface area contributed by atoms with Crippen molar-refractivity contribution < 1.29 is 20.4 Å². The van der Waals surface area contributed by atoms with Crippen molar-refractivity contribution in [2.45, 2.75) is 51.2 Å². The molecule has 0 aliphatic heterocycles. The Morgan fingerprint density at radius 2 is 1.32 bits per heavy atom. The maximum Gasteiger partial charge on any atom is 0.118 e. The van der Waals surface area contributed by atoms with Crippen LogP contribution >= 0.6 is 0 Å². The van der Waals surface area contributed by atoms with Gasteiger partial charge in [-0.1, -0.05) is 24.3 Å². The summed E-state index contributed by atoms with van der Waals surface area (Å²) >= 11 is 0. The van der Waals surface area contributed by atoms with Crippen LogP contribution in [0.4, 0.5) is 0 Å². The SMILES string of the molecule is Cc1cc(C(c2ccc(O)c(C)c2)C2CCC(O)C(O)C2)ccc1O. The molecular weight excluding hydrogens is 316 g/mol. The number of phenols is 2. The van der Waals surface area contributed by atoms with Crippen LogP contribution in [-0.4, -0.2) is 32.6 Å². The van der Waals surface area contributed by atoms with Crippen LogP contribution in [0.5, 0.6) is 11.5 Å². The molecule has 25 heavy (non-hydrogen) atoms. The Morgan fingerprint density at radius 3 is 1.76 bits per heavy atom. The zero-order valence-corrected chi connectivity index (χ0v) is 14.7. The number of aryl methyl sites for hydroxylation is 2. The highest BCUT2D eigenvalue weighted by molar-refractivity contribution is 5.44. The second-order valence-electron chi connectivity index (χ2n) is 7.28. The molecule has 0 bridgehead atoms. The molecule has 1 fully saturated rings. The van der Waals surface area contributed by atoms with E-state index in [1.165, 1.54) is 0 Å². The Labute approximate surface area is 148 Å². The predicted octanol–water partition coefficient (Wildman–Crippen LogP) is 3.37. The summed E-state index contributed by atoms with van der Waals surface area (Å²) < 4.78 is 0. The van der Waals surface area contributed by atoms with Gasteiger partial charge in [-0.05, 0) is 73.4 Å². The smallest absolute Gasteiger partial charge is 0.118 e. The molecule has 2 aromatic carbocycles. The maximum atomic E-state index is 10.2. The lowest BCUT2D eigenvalue weighted by Gasteiger charge is -2.36. The van der Waals surface area contributed by atoms with E-state index in [9.17, 15) is 20.4 Å². The van der Waals surface area contributed by atoms with Crippen molar-refractivity contribution in [3.05, 3.63) is 58.7 Å². The van der Waals surface area contributed by atoms with Crippen molar-refractivity contribution in [3.63, 3.8) is 0 Å². The number of benzene rings is 2. The molecule has 4 heteroatoms. The van der Waals surface area contributed by atoms with Gasteiger partial charge in [0.05, 0.1) is 12.2 Å². The van der Waals surface area contributed by atoms with Gasteiger partial charge >= 0.3 is 0 Å². The summed E-state index contributed by atoms with van der Waals surface area (Å²) in [6.45, 7) is 3.74. The van der Waals surface area contributed by atoms with E-state index in [1.54, 1.807) is 12.1 Å². The average molecular weight is 342 g/mol. The number of hydrogen-bond donors (Lipinski definition) is 4. The predicted molar refractivity (Wildman–Crippen MR) is 96.9 cm³/mol. The van der Waals surface area contributed by atoms with E-state index in [2.05, 4.69) is 0 Å². The molecule has 1 aliphatic rings. The number of rotatable bonds is 3. The first-order valence-electron chi connectivity index (χ1n) is 8.82. The lowest BCUT2D eigenvalue weighted by Crippen LogP contribution is -2.35. The Kier molecular flexibility index (Phi) is 5.02. The van der Waals surface area contributed by atoms with Gasteiger partial charge in [0, 0.05) is 5.92 Å². The normalized spacial score (nSPS) is 23.8. The third kappa shape index (κ3) is 3.65. The lowest BCUT2D eigenvalue weighted by atomic mass is 9.72. The van der Waals surface area contributed by atoms with Crippen LogP contribution < -0.4 is 0 Å². The van der Waals surface area contributed by atoms with Gasteiger partial charge in [0.2, 0.25) is 0 Å². The van der Waals surface area contributed by atoms with Crippen molar-refractivity contribution in [3.8, 4) is 11.5 Å². The van der Waals surface area contributed by atoms with Crippen molar-refractivity contribution in [1.82, 2.24) is 0 Å². The summed E-state index contributed by atoms with van der Waals surface area (Å²) in [4.78, 5) is 0. The van der Waals surface area contributed by atoms with Crippen LogP contribution in [0.3, 0.4) is 0 Å². The summed E-state index contributed by atoms with van der Waals surface area (Å²) in [5, 5.41) is 39.7. The van der Waals surface area contributed by atoms with Crippen LogP contribution in [0.15, 0.2) is 36.4 Å². The Bertz CT molecular complexity index is 704. The van der Waals surface area contributed by atoms with E-state index < -0.39 is 12.2 Å². The van der Waals surface area contributed by atoms with E-state index >= 15 is 0 Å². The highest BCUT2D eigenvalue weighted by atomic mass is 16.3. The van der Waals surface area contributed by atoms with Crippen molar-refractivity contribution >= 4 is 0 Å². The van der Waals surface area contributed by atoms with E-state index in [4.69, 9.17) is 0 Å². The van der Waals surface area contributed by atoms with Gasteiger partial charge in [-0.2, -0.15) is 0 Å². The summed E-state index contributed by atoms with van der Waals surface area (Å²) in [7, 11) is 0. The topological polar surface area (TPSA) is 80.9 Å². The maximum absolute atomic E-state index is 10.2. The largest absolute Gasteiger partial charge is 0.508 e. The minimum atomic E-state index is -0.710. The Balaban J connectivity index is 2.04. The van der Waals surface area contributed by atoms with Crippen molar-refractivity contribution in [2.75, 3.05) is 0 Å². The summed E-state index contributed by atoms with van der Waals surface area (Å²) in [5.74, 6) is 0.763. The van der Waals surface area contributed by atoms with Crippen molar-refractivity contribution in [2.24, 2.45) is 5.92 Å². The number of hydrogen-bond acceptors (Lipinski definition) is 4. The standard InChI is InChI=1S/C21H26O4/c1-12-9-14(3-6-17(12)22)21(15-4-7-18(23)13(2)10-15)16-5-8-19(24)20(25)11-16/h3-4,6-7,9-10,16,19-25H,5,8,11H2,1-2H3. The van der Waals surface area contributed by atoms with Gasteiger partial charge in [-0.3, -0.25) is 0 Å². The fourth-order valence-electron chi connectivity index (χ4n) is 3.95. The molecule has 0 saturated heterocycles. The molecule has 3 atom stereocenters. The van der Waals surface area contributed by atoms with E-state index in [1.807, 2.05) is 38.1 Å². The highest BCUT2D eigenvalue weighted by Gasteiger charge is 2.34. The van der Waals surface area contributed by atoms with Crippen LogP contribution in [0.25, 0.3) is 0 Å². The zero-order valence-electron chi connectivity index (χ0n) is 14.7. The molecule has 134 valence electrons. The summed E-state index contributed by atoms with van der Waals surface area (Å²) in [6, 6.07) is 11.2. The molecule has 3 rings (SSSR count). The van der Waals surface area contributed by atoms with Gasteiger partial charge in [-0.25, -0.2) is 0 Å². The molecule has 2 aromatic rings. The van der Waals surface area contributed by atoms with Crippen LogP contribution in [0.2, 0.25) is 0 Å². The molecular formula is C21H26O4. The fraction of sp³-hybridized carbons (Fsp3) is 0.429. The van der Waals surface area contributed by atoms with Gasteiger partial charge in [0.25, 0.3) is 0 Å². The second kappa shape index (κ2) is 7.06. The number of aromatic hydroxyl groups is 2. The first-order valence-corrected chi connectivity index (χ1v) is 8.82. The molecule has 3 unspecified atom stereocenters. The number of aliphatic hydroxyl groups is 2. The molecule has 1 saturated carbocycles. The monoisotopic (exact) mass is 342 g/mol. The highest BCUT2D eigenvalue weighted by Crippen LogP contribution is 2.42. The molecule has 4 N–H and O–H groups in total. The fourth-order valence-corrected chi connectivity index (χ4v) is 3.95. The molecule has 0 spiro atoms. The van der Waals surface area contributed by atoms with Gasteiger partial charge in [0.1, 0.15) is 11.5 Å². The second-order valence-corrected chi connectivity index (χ2v) is 7.28. The minimum absolute atomic E-state index is 0.0424. The zero-order chi connectivity index (χ0) is 18.1. The van der Waals surface area contributed by atoms with Crippen molar-refractivity contribution in [1.29, 1.82) is 0 Å². The number of aliphatic hydroxyl groups excluding tert-OH is 2. The average Bonchev–Trinajstić information content (AvgIpc) is 2.57.